The highest BCUT2D eigenvalue weighted by Crippen LogP contribution is 2.37. The number of hydrogen-bond donors (Lipinski definition) is 1. The van der Waals surface area contributed by atoms with Crippen LogP contribution in [0.5, 0.6) is 11.5 Å². The zero-order valence-corrected chi connectivity index (χ0v) is 20.3. The van der Waals surface area contributed by atoms with Crippen molar-refractivity contribution in [1.29, 1.82) is 0 Å². The van der Waals surface area contributed by atoms with Gasteiger partial charge in [-0.15, -0.1) is 0 Å². The topological polar surface area (TPSA) is 97.4 Å². The molecule has 0 bridgehead atoms. The van der Waals surface area contributed by atoms with E-state index in [1.165, 1.54) is 0 Å². The van der Waals surface area contributed by atoms with Crippen molar-refractivity contribution in [2.24, 2.45) is 0 Å². The third kappa shape index (κ3) is 5.05. The molecule has 2 aromatic heterocycles. The normalized spacial score (nSPS) is 15.1. The largest absolute Gasteiger partial charge is 0.507 e. The Kier molecular flexibility index (Phi) is 7.45. The molecule has 1 saturated heterocycles. The number of benzene rings is 1. The molecule has 1 amide bonds. The summed E-state index contributed by atoms with van der Waals surface area (Å²) in [5.41, 5.74) is 1.35. The lowest BCUT2D eigenvalue weighted by Gasteiger charge is -2.39. The molecule has 0 radical (unpaired) electrons. The number of piperazine rings is 1. The van der Waals surface area contributed by atoms with Crippen molar-refractivity contribution in [3.05, 3.63) is 81.7 Å². The molecule has 0 aliphatic carbocycles. The average molecular weight is 482 g/mol. The van der Waals surface area contributed by atoms with Crippen LogP contribution in [0.3, 0.4) is 0 Å². The number of carbonyl (C=O) groups excluding carboxylic acids is 1. The molecular weight excluding hydrogens is 450 g/mol. The third-order valence-electron chi connectivity index (χ3n) is 6.33. The smallest absolute Gasteiger partial charge is 0.409 e. The van der Waals surface area contributed by atoms with Gasteiger partial charge in [0, 0.05) is 37.4 Å². The number of amides is 1. The Morgan fingerprint density at radius 2 is 1.89 bits per heavy atom. The van der Waals surface area contributed by atoms with Crippen LogP contribution in [0.2, 0.25) is 0 Å². The summed E-state index contributed by atoms with van der Waals surface area (Å²) >= 11 is 0. The number of rotatable bonds is 7. The molecule has 0 saturated carbocycles. The summed E-state index contributed by atoms with van der Waals surface area (Å²) in [7, 11) is 1.58. The third-order valence-corrected chi connectivity index (χ3v) is 6.33. The van der Waals surface area contributed by atoms with E-state index in [9.17, 15) is 14.7 Å². The van der Waals surface area contributed by atoms with Gasteiger partial charge < -0.3 is 28.5 Å². The molecule has 9 heteroatoms. The molecule has 4 rings (SSSR count). The minimum Gasteiger partial charge on any atom is -0.507 e. The van der Waals surface area contributed by atoms with Crippen molar-refractivity contribution in [2.45, 2.75) is 26.4 Å². The molecule has 3 aromatic rings. The van der Waals surface area contributed by atoms with E-state index in [0.29, 0.717) is 50.0 Å². The highest BCUT2D eigenvalue weighted by molar-refractivity contribution is 5.67. The second-order valence-electron chi connectivity index (χ2n) is 8.42. The molecule has 1 atom stereocenters. The molecule has 1 N–H and O–H groups in total. The molecule has 1 aromatic carbocycles. The van der Waals surface area contributed by atoms with Gasteiger partial charge in [0.2, 0.25) is 0 Å². The van der Waals surface area contributed by atoms with Crippen molar-refractivity contribution in [1.82, 2.24) is 14.4 Å². The number of aryl methyl sites for hydroxylation is 1. The Hall–Kier alpha value is -3.72. The van der Waals surface area contributed by atoms with E-state index in [1.54, 1.807) is 48.8 Å². The Morgan fingerprint density at radius 1 is 1.14 bits per heavy atom. The quantitative estimate of drug-likeness (QED) is 0.553. The van der Waals surface area contributed by atoms with Gasteiger partial charge in [-0.25, -0.2) is 4.79 Å². The van der Waals surface area contributed by atoms with Crippen LogP contribution in [0.1, 0.15) is 35.5 Å². The molecule has 9 nitrogen and oxygen atoms in total. The first-order valence-electron chi connectivity index (χ1n) is 11.7. The second kappa shape index (κ2) is 10.7. The van der Waals surface area contributed by atoms with Crippen LogP contribution in [-0.2, 0) is 11.3 Å². The van der Waals surface area contributed by atoms with Crippen molar-refractivity contribution in [3.63, 3.8) is 0 Å². The van der Waals surface area contributed by atoms with Crippen LogP contribution in [-0.4, -0.2) is 65.5 Å². The maximum Gasteiger partial charge on any atom is 0.409 e. The van der Waals surface area contributed by atoms with Crippen LogP contribution in [0.4, 0.5) is 4.79 Å². The summed E-state index contributed by atoms with van der Waals surface area (Å²) in [6, 6.07) is 12.1. The van der Waals surface area contributed by atoms with Crippen LogP contribution in [0.25, 0.3) is 0 Å². The van der Waals surface area contributed by atoms with E-state index < -0.39 is 6.04 Å². The first-order chi connectivity index (χ1) is 16.9. The molecule has 186 valence electrons. The van der Waals surface area contributed by atoms with E-state index in [-0.39, 0.29) is 29.5 Å². The number of furan rings is 1. The summed E-state index contributed by atoms with van der Waals surface area (Å²) < 4.78 is 17.8. The van der Waals surface area contributed by atoms with Crippen LogP contribution in [0, 0.1) is 6.92 Å². The van der Waals surface area contributed by atoms with Gasteiger partial charge in [-0.05, 0) is 38.1 Å². The summed E-state index contributed by atoms with van der Waals surface area (Å²) in [5, 5.41) is 11.1. The average Bonchev–Trinajstić information content (AvgIpc) is 3.38. The summed E-state index contributed by atoms with van der Waals surface area (Å²) in [6.45, 7) is 5.99. The van der Waals surface area contributed by atoms with E-state index >= 15 is 0 Å². The zero-order valence-electron chi connectivity index (χ0n) is 20.3. The standard InChI is InChI=1S/C26H31N3O6/c1-4-34-26(32)28-13-11-27(12-14-28)24(20-9-5-6-10-22(20)33-3)23-21(30)16-18(2)29(25(23)31)17-19-8-7-15-35-19/h5-10,15-16,24,30H,4,11-14,17H2,1-3H3/t24-/m1/s1. The fraction of sp³-hybridized carbons (Fsp3) is 0.385. The van der Waals surface area contributed by atoms with E-state index in [0.717, 1.165) is 5.56 Å². The van der Waals surface area contributed by atoms with E-state index in [2.05, 4.69) is 4.90 Å². The first-order valence-corrected chi connectivity index (χ1v) is 11.7. The minimum atomic E-state index is -0.577. The Bertz CT molecular complexity index is 1210. The van der Waals surface area contributed by atoms with E-state index in [4.69, 9.17) is 13.9 Å². The Morgan fingerprint density at radius 3 is 2.54 bits per heavy atom. The van der Waals surface area contributed by atoms with Crippen molar-refractivity contribution < 1.29 is 23.8 Å². The molecule has 1 aliphatic rings. The zero-order chi connectivity index (χ0) is 24.9. The number of ether oxygens (including phenoxy) is 2. The van der Waals surface area contributed by atoms with E-state index in [1.807, 2.05) is 30.3 Å². The molecule has 1 aliphatic heterocycles. The lowest BCUT2D eigenvalue weighted by molar-refractivity contribution is 0.0705. The molecule has 0 unspecified atom stereocenters. The van der Waals surface area contributed by atoms with Crippen LogP contribution in [0.15, 0.2) is 57.9 Å². The fourth-order valence-electron chi connectivity index (χ4n) is 4.59. The Balaban J connectivity index is 1.78. The van der Waals surface area contributed by atoms with Crippen LogP contribution < -0.4 is 10.3 Å². The van der Waals surface area contributed by atoms with Gasteiger partial charge in [0.05, 0.1) is 38.1 Å². The van der Waals surface area contributed by atoms with Gasteiger partial charge in [0.25, 0.3) is 5.56 Å². The number of methoxy groups -OCH3 is 1. The second-order valence-corrected chi connectivity index (χ2v) is 8.42. The van der Waals surface area contributed by atoms with Crippen molar-refractivity contribution in [2.75, 3.05) is 39.9 Å². The van der Waals surface area contributed by atoms with Gasteiger partial charge >= 0.3 is 6.09 Å². The molecule has 1 fully saturated rings. The number of para-hydroxylation sites is 1. The highest BCUT2D eigenvalue weighted by atomic mass is 16.6. The number of aromatic nitrogens is 1. The predicted octanol–water partition coefficient (Wildman–Crippen LogP) is 3.38. The first kappa shape index (κ1) is 24.4. The van der Waals surface area contributed by atoms with Crippen molar-refractivity contribution >= 4 is 6.09 Å². The van der Waals surface area contributed by atoms with Gasteiger partial charge in [0.15, 0.2) is 0 Å². The molecule has 35 heavy (non-hydrogen) atoms. The summed E-state index contributed by atoms with van der Waals surface area (Å²) in [4.78, 5) is 29.8. The maximum atomic E-state index is 13.9. The van der Waals surface area contributed by atoms with Gasteiger partial charge in [0.1, 0.15) is 17.3 Å². The Labute approximate surface area is 204 Å². The number of nitrogens with zero attached hydrogens (tertiary/aromatic N) is 3. The monoisotopic (exact) mass is 481 g/mol. The summed E-state index contributed by atoms with van der Waals surface area (Å²) in [6.07, 6.45) is 1.22. The SMILES string of the molecule is CCOC(=O)N1CCN([C@H](c2ccccc2OC)c2c(O)cc(C)n(Cc3ccco3)c2=O)CC1. The van der Waals surface area contributed by atoms with Gasteiger partial charge in [-0.3, -0.25) is 9.69 Å². The maximum absolute atomic E-state index is 13.9. The van der Waals surface area contributed by atoms with Crippen molar-refractivity contribution in [3.8, 4) is 11.5 Å². The number of carbonyl (C=O) groups is 1. The highest BCUT2D eigenvalue weighted by Gasteiger charge is 2.34. The molecule has 0 spiro atoms. The predicted molar refractivity (Wildman–Crippen MR) is 130 cm³/mol. The van der Waals surface area contributed by atoms with Gasteiger partial charge in [-0.1, -0.05) is 18.2 Å². The number of aromatic hydroxyl groups is 1. The number of pyridine rings is 1. The lowest BCUT2D eigenvalue weighted by atomic mass is 9.95. The van der Waals surface area contributed by atoms with Crippen LogP contribution >= 0.6 is 0 Å². The fourth-order valence-corrected chi connectivity index (χ4v) is 4.59. The summed E-state index contributed by atoms with van der Waals surface area (Å²) in [5.74, 6) is 1.18. The minimum absolute atomic E-state index is 0.0769. The van der Waals surface area contributed by atoms with Gasteiger partial charge in [-0.2, -0.15) is 0 Å². The lowest BCUT2D eigenvalue weighted by Crippen LogP contribution is -2.50. The molecule has 3 heterocycles. The molecular formula is C26H31N3O6. The number of hydrogen-bond acceptors (Lipinski definition) is 7.